The molecular weight excluding hydrogens is 324 g/mol. The van der Waals surface area contributed by atoms with Crippen molar-refractivity contribution in [1.29, 1.82) is 0 Å². The van der Waals surface area contributed by atoms with Crippen LogP contribution in [-0.2, 0) is 0 Å². The highest BCUT2D eigenvalue weighted by atomic mass is 15.2. The van der Waals surface area contributed by atoms with Gasteiger partial charge in [-0.2, -0.15) is 0 Å². The Morgan fingerprint density at radius 1 is 1.12 bits per heavy atom. The zero-order chi connectivity index (χ0) is 19.4. The van der Waals surface area contributed by atoms with Crippen LogP contribution in [0.3, 0.4) is 0 Å². The van der Waals surface area contributed by atoms with Gasteiger partial charge in [-0.15, -0.1) is 0 Å². The smallest absolute Gasteiger partial charge is 0.0493 e. The van der Waals surface area contributed by atoms with Gasteiger partial charge in [0, 0.05) is 21.9 Å². The molecule has 6 nitrogen and oxygen atoms in total. The topological polar surface area (TPSA) is 97.5 Å². The summed E-state index contributed by atoms with van der Waals surface area (Å²) >= 11 is 0. The van der Waals surface area contributed by atoms with Crippen LogP contribution in [0.1, 0.15) is 79.6 Å². The van der Waals surface area contributed by atoms with Crippen molar-refractivity contribution in [3.05, 3.63) is 32.5 Å². The Morgan fingerprint density at radius 3 is 2.50 bits per heavy atom. The third kappa shape index (κ3) is 4.02. The molecule has 0 bridgehead atoms. The van der Waals surface area contributed by atoms with E-state index >= 15 is 0 Å². The van der Waals surface area contributed by atoms with Crippen molar-refractivity contribution in [2.24, 2.45) is 32.9 Å². The molecule has 0 saturated heterocycles. The molecule has 0 radical (unpaired) electrons. The second-order valence-corrected chi connectivity index (χ2v) is 9.54. The Balaban J connectivity index is 2.29. The van der Waals surface area contributed by atoms with E-state index in [4.69, 9.17) is 5.53 Å². The Kier molecular flexibility index (Phi) is 6.31. The van der Waals surface area contributed by atoms with Gasteiger partial charge in [0.1, 0.15) is 0 Å². The van der Waals surface area contributed by atoms with Crippen LogP contribution in [0.15, 0.2) is 21.9 Å². The Labute approximate surface area is 157 Å². The van der Waals surface area contributed by atoms with Crippen LogP contribution in [0.5, 0.6) is 0 Å². The van der Waals surface area contributed by atoms with Gasteiger partial charge in [-0.25, -0.2) is 0 Å². The van der Waals surface area contributed by atoms with E-state index in [1.54, 1.807) is 0 Å². The van der Waals surface area contributed by atoms with Crippen LogP contribution >= 0.6 is 0 Å². The van der Waals surface area contributed by atoms with Crippen LogP contribution in [-0.4, -0.2) is 12.1 Å². The summed E-state index contributed by atoms with van der Waals surface area (Å²) in [5, 5.41) is 7.93. The molecule has 4 atom stereocenters. The van der Waals surface area contributed by atoms with Gasteiger partial charge in [-0.05, 0) is 79.2 Å². The molecule has 0 spiro atoms. The van der Waals surface area contributed by atoms with E-state index in [9.17, 15) is 5.53 Å². The van der Waals surface area contributed by atoms with Gasteiger partial charge < -0.3 is 0 Å². The van der Waals surface area contributed by atoms with Crippen molar-refractivity contribution in [2.75, 3.05) is 6.54 Å². The number of hydrogen-bond acceptors (Lipinski definition) is 2. The number of rotatable bonds is 6. The highest BCUT2D eigenvalue weighted by molar-refractivity contribution is 5.11. The summed E-state index contributed by atoms with van der Waals surface area (Å²) < 4.78 is 0. The van der Waals surface area contributed by atoms with Crippen LogP contribution in [0.4, 0.5) is 0 Å². The number of allylic oxidation sites excluding steroid dienone is 1. The highest BCUT2D eigenvalue weighted by Crippen LogP contribution is 2.63. The maximum absolute atomic E-state index is 9.21. The summed E-state index contributed by atoms with van der Waals surface area (Å²) in [6.45, 7) is 12.0. The molecule has 144 valence electrons. The van der Waals surface area contributed by atoms with Gasteiger partial charge in [0.05, 0.1) is 0 Å². The summed E-state index contributed by atoms with van der Waals surface area (Å²) in [6.07, 6.45) is 9.91. The van der Waals surface area contributed by atoms with Crippen molar-refractivity contribution in [2.45, 2.75) is 85.1 Å². The Morgan fingerprint density at radius 2 is 1.85 bits per heavy atom. The van der Waals surface area contributed by atoms with Gasteiger partial charge in [0.2, 0.25) is 0 Å². The van der Waals surface area contributed by atoms with Gasteiger partial charge in [-0.1, -0.05) is 56.0 Å². The van der Waals surface area contributed by atoms with Crippen molar-refractivity contribution in [3.63, 3.8) is 0 Å². The van der Waals surface area contributed by atoms with Crippen molar-refractivity contribution >= 4 is 0 Å². The van der Waals surface area contributed by atoms with Crippen molar-refractivity contribution in [1.82, 2.24) is 0 Å². The second-order valence-electron chi connectivity index (χ2n) is 9.54. The summed E-state index contributed by atoms with van der Waals surface area (Å²) in [7, 11) is 0. The van der Waals surface area contributed by atoms with Crippen LogP contribution < -0.4 is 0 Å². The van der Waals surface area contributed by atoms with Crippen LogP contribution in [0.25, 0.3) is 20.9 Å². The molecule has 2 saturated carbocycles. The van der Waals surface area contributed by atoms with Crippen molar-refractivity contribution in [3.8, 4) is 0 Å². The van der Waals surface area contributed by atoms with Gasteiger partial charge in [-0.3, -0.25) is 0 Å². The van der Waals surface area contributed by atoms with E-state index in [2.05, 4.69) is 54.7 Å². The molecule has 0 aliphatic heterocycles. The van der Waals surface area contributed by atoms with Gasteiger partial charge in [0.15, 0.2) is 0 Å². The van der Waals surface area contributed by atoms with Gasteiger partial charge in [0.25, 0.3) is 0 Å². The number of azide groups is 2. The fourth-order valence-corrected chi connectivity index (χ4v) is 6.19. The second kappa shape index (κ2) is 7.94. The fourth-order valence-electron chi connectivity index (χ4n) is 6.19. The van der Waals surface area contributed by atoms with E-state index in [1.807, 2.05) is 6.08 Å². The zero-order valence-corrected chi connectivity index (χ0v) is 17.1. The lowest BCUT2D eigenvalue weighted by atomic mass is 9.44. The highest BCUT2D eigenvalue weighted by Gasteiger charge is 2.57. The summed E-state index contributed by atoms with van der Waals surface area (Å²) in [5.41, 5.74) is 19.2. The predicted octanol–water partition coefficient (Wildman–Crippen LogP) is 7.33. The van der Waals surface area contributed by atoms with E-state index in [0.29, 0.717) is 23.8 Å². The molecule has 0 heterocycles. The lowest BCUT2D eigenvalue weighted by Gasteiger charge is -2.61. The van der Waals surface area contributed by atoms with Crippen molar-refractivity contribution < 1.29 is 0 Å². The Hall–Kier alpha value is -1.64. The molecule has 6 heteroatoms. The Bertz CT molecular complexity index is 641. The monoisotopic (exact) mass is 358 g/mol. The standard InChI is InChI=1S/C20H34N6/c1-15(10-14-23-25-21)7-8-17-19(4)12-6-11-18(2,3)16(19)9-13-20(17,5)24-26-22/h10,16-17H,6-9,11-14H2,1-5H3/b15-10-/t16-,17+,19-,20+/m0/s1. The molecule has 2 rings (SSSR count). The zero-order valence-electron chi connectivity index (χ0n) is 17.1. The minimum atomic E-state index is -0.307. The van der Waals surface area contributed by atoms with E-state index in [0.717, 1.165) is 25.7 Å². The first-order valence-corrected chi connectivity index (χ1v) is 9.92. The van der Waals surface area contributed by atoms with Crippen LogP contribution in [0, 0.1) is 22.7 Å². The quantitative estimate of drug-likeness (QED) is 0.205. The molecule has 2 fully saturated rings. The average molecular weight is 359 g/mol. The maximum Gasteiger partial charge on any atom is 0.0493 e. The normalized spacial score (nSPS) is 36.4. The lowest BCUT2D eigenvalue weighted by Crippen LogP contribution is -2.56. The van der Waals surface area contributed by atoms with E-state index < -0.39 is 0 Å². The first-order valence-electron chi connectivity index (χ1n) is 9.92. The molecule has 0 amide bonds. The van der Waals surface area contributed by atoms with E-state index in [1.165, 1.54) is 24.8 Å². The van der Waals surface area contributed by atoms with Crippen LogP contribution in [0.2, 0.25) is 0 Å². The third-order valence-electron chi connectivity index (χ3n) is 7.45. The summed E-state index contributed by atoms with van der Waals surface area (Å²) in [5.74, 6) is 1.07. The minimum Gasteiger partial charge on any atom is -0.0899 e. The predicted molar refractivity (Wildman–Crippen MR) is 107 cm³/mol. The lowest BCUT2D eigenvalue weighted by molar-refractivity contribution is -0.103. The molecule has 2 aliphatic carbocycles. The largest absolute Gasteiger partial charge is 0.0899 e. The van der Waals surface area contributed by atoms with E-state index in [-0.39, 0.29) is 11.0 Å². The number of fused-ring (bicyclic) bond motifs is 1. The molecule has 0 aromatic carbocycles. The van der Waals surface area contributed by atoms with Gasteiger partial charge >= 0.3 is 0 Å². The minimum absolute atomic E-state index is 0.216. The SMILES string of the molecule is C/C(=C/CN=[N+]=[N-])CC[C@@H]1[C@@]2(C)CCCC(C)(C)[C@@H]2CC[C@@]1(C)N=[N+]=[N-]. The molecule has 2 aliphatic rings. The number of hydrogen-bond donors (Lipinski definition) is 0. The molecular formula is C20H34N6. The summed E-state index contributed by atoms with van der Waals surface area (Å²) in [4.78, 5) is 6.04. The number of nitrogens with zero attached hydrogens (tertiary/aromatic N) is 6. The molecule has 0 aromatic rings. The summed E-state index contributed by atoms with van der Waals surface area (Å²) in [6, 6.07) is 0. The first kappa shape index (κ1) is 20.7. The molecule has 0 N–H and O–H groups in total. The molecule has 0 unspecified atom stereocenters. The molecule has 26 heavy (non-hydrogen) atoms. The average Bonchev–Trinajstić information content (AvgIpc) is 2.53. The molecule has 0 aromatic heterocycles. The maximum atomic E-state index is 9.21. The first-order chi connectivity index (χ1) is 12.2. The fraction of sp³-hybridized carbons (Fsp3) is 0.900. The third-order valence-corrected chi connectivity index (χ3v) is 7.45.